The number of nitrogens with zero attached hydrogens (tertiary/aromatic N) is 1. The lowest BCUT2D eigenvalue weighted by molar-refractivity contribution is 0.0168. The highest BCUT2D eigenvalue weighted by Crippen LogP contribution is 2.12. The molecule has 136 valence electrons. The number of rotatable bonds is 8. The zero-order valence-electron chi connectivity index (χ0n) is 14.7. The molecule has 1 aromatic rings. The molecular formula is C18H30IN3O2. The predicted molar refractivity (Wildman–Crippen MR) is 109 cm³/mol. The van der Waals surface area contributed by atoms with Gasteiger partial charge >= 0.3 is 0 Å². The monoisotopic (exact) mass is 447 g/mol. The van der Waals surface area contributed by atoms with Crippen molar-refractivity contribution in [3.05, 3.63) is 35.9 Å². The van der Waals surface area contributed by atoms with Gasteiger partial charge in [-0.05, 0) is 31.7 Å². The molecule has 2 atom stereocenters. The summed E-state index contributed by atoms with van der Waals surface area (Å²) in [4.78, 5) is 4.27. The summed E-state index contributed by atoms with van der Waals surface area (Å²) in [6.07, 6.45) is 3.56. The molecule has 1 aliphatic heterocycles. The Kier molecular flexibility index (Phi) is 11.0. The zero-order chi connectivity index (χ0) is 16.3. The van der Waals surface area contributed by atoms with Crippen LogP contribution in [-0.4, -0.2) is 45.5 Å². The molecule has 1 saturated heterocycles. The van der Waals surface area contributed by atoms with Crippen molar-refractivity contribution < 1.29 is 9.47 Å². The van der Waals surface area contributed by atoms with Crippen molar-refractivity contribution in [2.24, 2.45) is 4.99 Å². The fraction of sp³-hybridized carbons (Fsp3) is 0.611. The van der Waals surface area contributed by atoms with Crippen LogP contribution in [-0.2, 0) is 9.47 Å². The average molecular weight is 447 g/mol. The van der Waals surface area contributed by atoms with Crippen LogP contribution in [0.25, 0.3) is 0 Å². The SMILES string of the molecule is CN=C(NCCCOCC1CCCO1)NC(C)c1ccccc1.I. The number of ether oxygens (including phenoxy) is 2. The second-order valence-electron chi connectivity index (χ2n) is 5.84. The van der Waals surface area contributed by atoms with E-state index in [1.807, 2.05) is 6.07 Å². The fourth-order valence-electron chi connectivity index (χ4n) is 2.60. The van der Waals surface area contributed by atoms with Crippen molar-refractivity contribution in [2.75, 3.05) is 33.4 Å². The van der Waals surface area contributed by atoms with Crippen molar-refractivity contribution in [2.45, 2.75) is 38.3 Å². The third-order valence-electron chi connectivity index (χ3n) is 3.96. The van der Waals surface area contributed by atoms with Crippen molar-refractivity contribution in [3.63, 3.8) is 0 Å². The van der Waals surface area contributed by atoms with Gasteiger partial charge in [0.1, 0.15) is 0 Å². The third-order valence-corrected chi connectivity index (χ3v) is 3.96. The first-order valence-corrected chi connectivity index (χ1v) is 8.51. The molecule has 0 bridgehead atoms. The molecule has 5 nitrogen and oxygen atoms in total. The number of nitrogens with one attached hydrogen (secondary N) is 2. The Morgan fingerprint density at radius 3 is 2.83 bits per heavy atom. The van der Waals surface area contributed by atoms with E-state index in [1.165, 1.54) is 5.56 Å². The Labute approximate surface area is 162 Å². The average Bonchev–Trinajstić information content (AvgIpc) is 3.11. The first-order valence-electron chi connectivity index (χ1n) is 8.51. The maximum absolute atomic E-state index is 5.66. The molecule has 6 heteroatoms. The molecule has 1 aliphatic rings. The summed E-state index contributed by atoms with van der Waals surface area (Å²) in [6.45, 7) is 5.33. The molecule has 0 saturated carbocycles. The van der Waals surface area contributed by atoms with Gasteiger partial charge in [0.15, 0.2) is 5.96 Å². The van der Waals surface area contributed by atoms with Crippen LogP contribution in [0.2, 0.25) is 0 Å². The summed E-state index contributed by atoms with van der Waals surface area (Å²) >= 11 is 0. The second-order valence-corrected chi connectivity index (χ2v) is 5.84. The summed E-state index contributed by atoms with van der Waals surface area (Å²) in [5.41, 5.74) is 1.25. The van der Waals surface area contributed by atoms with E-state index in [-0.39, 0.29) is 30.0 Å². The lowest BCUT2D eigenvalue weighted by Gasteiger charge is -2.18. The minimum absolute atomic E-state index is 0. The summed E-state index contributed by atoms with van der Waals surface area (Å²) in [5, 5.41) is 6.72. The summed E-state index contributed by atoms with van der Waals surface area (Å²) < 4.78 is 11.2. The topological polar surface area (TPSA) is 54.9 Å². The van der Waals surface area contributed by atoms with Gasteiger partial charge < -0.3 is 20.1 Å². The van der Waals surface area contributed by atoms with Crippen LogP contribution in [0, 0.1) is 0 Å². The largest absolute Gasteiger partial charge is 0.379 e. The molecule has 0 amide bonds. The standard InChI is InChI=1S/C18H29N3O2.HI/c1-15(16-8-4-3-5-9-16)21-18(19-2)20-11-7-12-22-14-17-10-6-13-23-17;/h3-5,8-9,15,17H,6-7,10-14H2,1-2H3,(H2,19,20,21);1H. The van der Waals surface area contributed by atoms with Gasteiger partial charge in [-0.25, -0.2) is 0 Å². The number of halogens is 1. The summed E-state index contributed by atoms with van der Waals surface area (Å²) in [7, 11) is 1.79. The molecule has 2 rings (SSSR count). The van der Waals surface area contributed by atoms with E-state index >= 15 is 0 Å². The van der Waals surface area contributed by atoms with Crippen molar-refractivity contribution >= 4 is 29.9 Å². The molecule has 1 aromatic carbocycles. The molecular weight excluding hydrogens is 417 g/mol. The smallest absolute Gasteiger partial charge is 0.191 e. The lowest BCUT2D eigenvalue weighted by Crippen LogP contribution is -2.39. The summed E-state index contributed by atoms with van der Waals surface area (Å²) in [6, 6.07) is 10.6. The van der Waals surface area contributed by atoms with E-state index in [9.17, 15) is 0 Å². The van der Waals surface area contributed by atoms with E-state index in [0.717, 1.165) is 51.6 Å². The maximum Gasteiger partial charge on any atom is 0.191 e. The lowest BCUT2D eigenvalue weighted by atomic mass is 10.1. The highest BCUT2D eigenvalue weighted by molar-refractivity contribution is 14.0. The highest BCUT2D eigenvalue weighted by atomic mass is 127. The van der Waals surface area contributed by atoms with E-state index in [0.29, 0.717) is 6.10 Å². The van der Waals surface area contributed by atoms with E-state index < -0.39 is 0 Å². The molecule has 1 heterocycles. The molecule has 2 N–H and O–H groups in total. The van der Waals surface area contributed by atoms with Gasteiger partial charge in [0.05, 0.1) is 18.8 Å². The maximum atomic E-state index is 5.66. The molecule has 0 spiro atoms. The molecule has 24 heavy (non-hydrogen) atoms. The number of hydrogen-bond acceptors (Lipinski definition) is 3. The molecule has 0 aromatic heterocycles. The quantitative estimate of drug-likeness (QED) is 0.278. The van der Waals surface area contributed by atoms with Crippen LogP contribution in [0.15, 0.2) is 35.3 Å². The van der Waals surface area contributed by atoms with Crippen LogP contribution in [0.1, 0.15) is 37.8 Å². The predicted octanol–water partition coefficient (Wildman–Crippen LogP) is 3.12. The minimum Gasteiger partial charge on any atom is -0.379 e. The molecule has 0 radical (unpaired) electrons. The zero-order valence-corrected chi connectivity index (χ0v) is 17.0. The van der Waals surface area contributed by atoms with Crippen LogP contribution >= 0.6 is 24.0 Å². The Hall–Kier alpha value is -0.860. The van der Waals surface area contributed by atoms with Gasteiger partial charge in [-0.15, -0.1) is 24.0 Å². The van der Waals surface area contributed by atoms with Crippen LogP contribution in [0.5, 0.6) is 0 Å². The normalized spacial score (nSPS) is 18.8. The van der Waals surface area contributed by atoms with Crippen molar-refractivity contribution in [1.29, 1.82) is 0 Å². The van der Waals surface area contributed by atoms with E-state index in [1.54, 1.807) is 7.05 Å². The fourth-order valence-corrected chi connectivity index (χ4v) is 2.60. The minimum atomic E-state index is 0. The van der Waals surface area contributed by atoms with Crippen LogP contribution in [0.4, 0.5) is 0 Å². The van der Waals surface area contributed by atoms with Crippen LogP contribution < -0.4 is 10.6 Å². The molecule has 2 unspecified atom stereocenters. The Morgan fingerprint density at radius 2 is 2.17 bits per heavy atom. The van der Waals surface area contributed by atoms with Crippen LogP contribution in [0.3, 0.4) is 0 Å². The second kappa shape index (κ2) is 12.5. The Balaban J connectivity index is 0.00000288. The first kappa shape index (κ1) is 21.2. The third kappa shape index (κ3) is 7.81. The van der Waals surface area contributed by atoms with Crippen molar-refractivity contribution in [3.8, 4) is 0 Å². The highest BCUT2D eigenvalue weighted by Gasteiger charge is 2.14. The first-order chi connectivity index (χ1) is 11.3. The van der Waals surface area contributed by atoms with E-state index in [4.69, 9.17) is 9.47 Å². The van der Waals surface area contributed by atoms with Gasteiger partial charge in [-0.1, -0.05) is 30.3 Å². The molecule has 1 fully saturated rings. The van der Waals surface area contributed by atoms with Gasteiger partial charge in [0.2, 0.25) is 0 Å². The summed E-state index contributed by atoms with van der Waals surface area (Å²) in [5.74, 6) is 0.820. The number of guanidine groups is 1. The van der Waals surface area contributed by atoms with Gasteiger partial charge in [-0.2, -0.15) is 0 Å². The number of benzene rings is 1. The van der Waals surface area contributed by atoms with Gasteiger partial charge in [0.25, 0.3) is 0 Å². The van der Waals surface area contributed by atoms with E-state index in [2.05, 4.69) is 46.8 Å². The number of aliphatic imine (C=N–C) groups is 1. The molecule has 0 aliphatic carbocycles. The van der Waals surface area contributed by atoms with Crippen molar-refractivity contribution in [1.82, 2.24) is 10.6 Å². The Morgan fingerprint density at radius 1 is 1.38 bits per heavy atom. The Bertz CT molecular complexity index is 465. The van der Waals surface area contributed by atoms with Gasteiger partial charge in [0, 0.05) is 26.8 Å². The number of hydrogen-bond donors (Lipinski definition) is 2. The van der Waals surface area contributed by atoms with Gasteiger partial charge in [-0.3, -0.25) is 4.99 Å².